The van der Waals surface area contributed by atoms with Gasteiger partial charge in [-0.2, -0.15) is 0 Å². The third-order valence-corrected chi connectivity index (χ3v) is 4.60. The molecule has 2 nitrogen and oxygen atoms in total. The summed E-state index contributed by atoms with van der Waals surface area (Å²) in [7, 11) is 0. The Morgan fingerprint density at radius 3 is 2.42 bits per heavy atom. The average molecular weight is 259 g/mol. The van der Waals surface area contributed by atoms with Crippen LogP contribution in [0.15, 0.2) is 30.3 Å². The summed E-state index contributed by atoms with van der Waals surface area (Å²) in [6, 6.07) is 10.3. The number of carboxylic acid groups (broad SMARTS) is 1. The first kappa shape index (κ1) is 14.1. The molecule has 0 aliphatic heterocycles. The molecule has 1 aliphatic rings. The van der Waals surface area contributed by atoms with Crippen molar-refractivity contribution in [3.63, 3.8) is 0 Å². The first-order chi connectivity index (χ1) is 9.18. The molecule has 0 amide bonds. The number of aliphatic carboxylic acids is 1. The molecule has 1 aromatic rings. The summed E-state index contributed by atoms with van der Waals surface area (Å²) in [5, 5.41) is 11.6. The van der Waals surface area contributed by atoms with Gasteiger partial charge in [-0.05, 0) is 36.7 Å². The maximum atomic E-state index is 11.6. The predicted octanol–water partition coefficient (Wildman–Crippen LogP) is 2.96. The van der Waals surface area contributed by atoms with Crippen LogP contribution in [0.4, 0.5) is 0 Å². The van der Waals surface area contributed by atoms with Gasteiger partial charge < -0.3 is 9.90 Å². The van der Waals surface area contributed by atoms with Gasteiger partial charge in [0.1, 0.15) is 0 Å². The van der Waals surface area contributed by atoms with Crippen LogP contribution in [0.1, 0.15) is 51.0 Å². The highest BCUT2D eigenvalue weighted by Gasteiger charge is 2.41. The second-order valence-corrected chi connectivity index (χ2v) is 5.89. The Bertz CT molecular complexity index is 405. The summed E-state index contributed by atoms with van der Waals surface area (Å²) in [5.74, 6) is -1.14. The quantitative estimate of drug-likeness (QED) is 0.788. The molecular formula is C17H23O2-. The summed E-state index contributed by atoms with van der Waals surface area (Å²) in [6.45, 7) is 2.06. The van der Waals surface area contributed by atoms with Crippen molar-refractivity contribution in [3.05, 3.63) is 35.9 Å². The van der Waals surface area contributed by atoms with Crippen LogP contribution < -0.4 is 5.11 Å². The maximum absolute atomic E-state index is 11.6. The van der Waals surface area contributed by atoms with Gasteiger partial charge in [-0.15, -0.1) is 0 Å². The lowest BCUT2D eigenvalue weighted by atomic mass is 9.68. The van der Waals surface area contributed by atoms with Crippen LogP contribution >= 0.6 is 0 Å². The van der Waals surface area contributed by atoms with Crippen LogP contribution in [0.3, 0.4) is 0 Å². The van der Waals surface area contributed by atoms with Gasteiger partial charge in [0.05, 0.1) is 0 Å². The van der Waals surface area contributed by atoms with E-state index in [2.05, 4.69) is 19.1 Å². The van der Waals surface area contributed by atoms with Crippen LogP contribution in [-0.4, -0.2) is 5.97 Å². The molecule has 1 atom stereocenters. The number of benzene rings is 1. The van der Waals surface area contributed by atoms with E-state index in [4.69, 9.17) is 0 Å². The standard InChI is InChI=1S/C17H24O2/c1-2-8-15(16(18)19)17(11-6-7-12-17)13-14-9-4-3-5-10-14/h3-5,9-10,15H,2,6-8,11-13H2,1H3,(H,18,19)/p-1. The minimum atomic E-state index is -0.848. The van der Waals surface area contributed by atoms with Crippen molar-refractivity contribution in [1.82, 2.24) is 0 Å². The lowest BCUT2D eigenvalue weighted by Gasteiger charge is -2.38. The van der Waals surface area contributed by atoms with Crippen molar-refractivity contribution >= 4 is 5.97 Å². The minimum Gasteiger partial charge on any atom is -0.550 e. The number of rotatable bonds is 6. The van der Waals surface area contributed by atoms with Crippen molar-refractivity contribution in [2.24, 2.45) is 11.3 Å². The Kier molecular flexibility index (Phi) is 4.62. The fraction of sp³-hybridized carbons (Fsp3) is 0.588. The molecule has 0 N–H and O–H groups in total. The number of carboxylic acids is 1. The molecule has 2 heteroatoms. The molecule has 2 rings (SSSR count). The largest absolute Gasteiger partial charge is 0.550 e. The first-order valence-corrected chi connectivity index (χ1v) is 7.43. The molecule has 19 heavy (non-hydrogen) atoms. The van der Waals surface area contributed by atoms with E-state index >= 15 is 0 Å². The smallest absolute Gasteiger partial charge is 0.0450 e. The van der Waals surface area contributed by atoms with E-state index in [-0.39, 0.29) is 11.3 Å². The van der Waals surface area contributed by atoms with Crippen LogP contribution in [0.25, 0.3) is 0 Å². The number of hydrogen-bond acceptors (Lipinski definition) is 2. The maximum Gasteiger partial charge on any atom is 0.0450 e. The minimum absolute atomic E-state index is 0.0732. The molecular weight excluding hydrogens is 236 g/mol. The summed E-state index contributed by atoms with van der Waals surface area (Å²) in [5.41, 5.74) is 1.18. The zero-order chi connectivity index (χ0) is 13.7. The number of hydrogen-bond donors (Lipinski definition) is 0. The van der Waals surface area contributed by atoms with Gasteiger partial charge in [-0.1, -0.05) is 56.5 Å². The van der Waals surface area contributed by atoms with Crippen molar-refractivity contribution in [3.8, 4) is 0 Å². The van der Waals surface area contributed by atoms with E-state index in [0.29, 0.717) is 0 Å². The van der Waals surface area contributed by atoms with Gasteiger partial charge in [0.2, 0.25) is 0 Å². The Morgan fingerprint density at radius 1 is 1.26 bits per heavy atom. The summed E-state index contributed by atoms with van der Waals surface area (Å²) >= 11 is 0. The topological polar surface area (TPSA) is 40.1 Å². The highest BCUT2D eigenvalue weighted by molar-refractivity contribution is 5.69. The Morgan fingerprint density at radius 2 is 1.89 bits per heavy atom. The van der Waals surface area contributed by atoms with Gasteiger partial charge >= 0.3 is 0 Å². The van der Waals surface area contributed by atoms with E-state index in [1.54, 1.807) is 0 Å². The molecule has 1 aliphatic carbocycles. The lowest BCUT2D eigenvalue weighted by molar-refractivity contribution is -0.316. The third kappa shape index (κ3) is 3.17. The molecule has 0 radical (unpaired) electrons. The van der Waals surface area contributed by atoms with Crippen LogP contribution in [0.2, 0.25) is 0 Å². The van der Waals surface area contributed by atoms with Gasteiger partial charge in [-0.25, -0.2) is 0 Å². The Labute approximate surface area is 115 Å². The first-order valence-electron chi connectivity index (χ1n) is 7.43. The van der Waals surface area contributed by atoms with Crippen molar-refractivity contribution in [1.29, 1.82) is 0 Å². The second kappa shape index (κ2) is 6.23. The zero-order valence-electron chi connectivity index (χ0n) is 11.7. The fourth-order valence-corrected chi connectivity index (χ4v) is 3.69. The molecule has 1 aromatic carbocycles. The molecule has 1 saturated carbocycles. The SMILES string of the molecule is CCCC(C(=O)[O-])C1(Cc2ccccc2)CCCC1. The van der Waals surface area contributed by atoms with Crippen molar-refractivity contribution in [2.45, 2.75) is 51.9 Å². The summed E-state index contributed by atoms with van der Waals surface area (Å²) in [6.07, 6.45) is 6.90. The van der Waals surface area contributed by atoms with E-state index in [0.717, 1.165) is 44.9 Å². The van der Waals surface area contributed by atoms with Crippen LogP contribution in [0.5, 0.6) is 0 Å². The van der Waals surface area contributed by atoms with E-state index in [1.807, 2.05) is 18.2 Å². The highest BCUT2D eigenvalue weighted by atomic mass is 16.4. The molecule has 0 saturated heterocycles. The summed E-state index contributed by atoms with van der Waals surface area (Å²) < 4.78 is 0. The third-order valence-electron chi connectivity index (χ3n) is 4.60. The second-order valence-electron chi connectivity index (χ2n) is 5.89. The van der Waals surface area contributed by atoms with Crippen molar-refractivity contribution < 1.29 is 9.90 Å². The van der Waals surface area contributed by atoms with Gasteiger partial charge in [0.25, 0.3) is 0 Å². The highest BCUT2D eigenvalue weighted by Crippen LogP contribution is 2.48. The molecule has 0 bridgehead atoms. The number of carbonyl (C=O) groups is 1. The molecule has 1 fully saturated rings. The van der Waals surface area contributed by atoms with E-state index in [9.17, 15) is 9.90 Å². The molecule has 1 unspecified atom stereocenters. The van der Waals surface area contributed by atoms with Crippen LogP contribution in [0, 0.1) is 11.3 Å². The van der Waals surface area contributed by atoms with Gasteiger partial charge in [-0.3, -0.25) is 0 Å². The molecule has 0 spiro atoms. The van der Waals surface area contributed by atoms with Crippen LogP contribution in [-0.2, 0) is 11.2 Å². The molecule has 104 valence electrons. The van der Waals surface area contributed by atoms with Gasteiger partial charge in [0.15, 0.2) is 0 Å². The number of carbonyl (C=O) groups excluding carboxylic acids is 1. The zero-order valence-corrected chi connectivity index (χ0v) is 11.7. The predicted molar refractivity (Wildman–Crippen MR) is 74.5 cm³/mol. The van der Waals surface area contributed by atoms with E-state index < -0.39 is 5.97 Å². The Balaban J connectivity index is 2.23. The van der Waals surface area contributed by atoms with E-state index in [1.165, 1.54) is 5.56 Å². The summed E-state index contributed by atoms with van der Waals surface area (Å²) in [4.78, 5) is 11.6. The fourth-order valence-electron chi connectivity index (χ4n) is 3.69. The normalized spacial score (nSPS) is 19.2. The molecule has 0 heterocycles. The van der Waals surface area contributed by atoms with Gasteiger partial charge in [0, 0.05) is 11.9 Å². The monoisotopic (exact) mass is 259 g/mol. The Hall–Kier alpha value is -1.31. The average Bonchev–Trinajstić information content (AvgIpc) is 2.86. The lowest BCUT2D eigenvalue weighted by Crippen LogP contribution is -2.43. The van der Waals surface area contributed by atoms with Crippen molar-refractivity contribution in [2.75, 3.05) is 0 Å². The molecule has 0 aromatic heterocycles.